The summed E-state index contributed by atoms with van der Waals surface area (Å²) in [4.78, 5) is 29.1. The fraction of sp³-hybridized carbons (Fsp3) is 0.455. The maximum absolute atomic E-state index is 13.3. The Hall–Kier alpha value is -2.18. The van der Waals surface area contributed by atoms with Crippen LogP contribution >= 0.6 is 11.3 Å². The Morgan fingerprint density at radius 1 is 1.18 bits per heavy atom. The molecule has 1 N–H and O–H groups in total. The first kappa shape index (κ1) is 20.6. The molecule has 2 aromatic rings. The van der Waals surface area contributed by atoms with E-state index in [1.807, 2.05) is 47.8 Å². The predicted octanol–water partition coefficient (Wildman–Crippen LogP) is 3.57. The van der Waals surface area contributed by atoms with E-state index in [0.717, 1.165) is 36.1 Å². The number of amides is 2. The van der Waals surface area contributed by atoms with Crippen LogP contribution in [-0.4, -0.2) is 43.0 Å². The van der Waals surface area contributed by atoms with Crippen LogP contribution < -0.4 is 5.32 Å². The van der Waals surface area contributed by atoms with Crippen molar-refractivity contribution in [2.75, 3.05) is 20.3 Å². The van der Waals surface area contributed by atoms with Crippen molar-refractivity contribution >= 4 is 23.2 Å². The van der Waals surface area contributed by atoms with E-state index >= 15 is 0 Å². The van der Waals surface area contributed by atoms with Crippen LogP contribution in [0.25, 0.3) is 0 Å². The van der Waals surface area contributed by atoms with Crippen molar-refractivity contribution in [2.45, 2.75) is 44.2 Å². The van der Waals surface area contributed by atoms with Gasteiger partial charge >= 0.3 is 0 Å². The molecule has 1 saturated carbocycles. The molecule has 1 aromatic heterocycles. The predicted molar refractivity (Wildman–Crippen MR) is 111 cm³/mol. The average molecular weight is 401 g/mol. The van der Waals surface area contributed by atoms with E-state index in [-0.39, 0.29) is 17.9 Å². The highest BCUT2D eigenvalue weighted by Gasteiger charge is 2.32. The number of carbonyl (C=O) groups is 2. The van der Waals surface area contributed by atoms with Gasteiger partial charge in [0.1, 0.15) is 6.04 Å². The summed E-state index contributed by atoms with van der Waals surface area (Å²) in [7, 11) is 1.61. The third-order valence-corrected chi connectivity index (χ3v) is 6.02. The average Bonchev–Trinajstić information content (AvgIpc) is 3.40. The maximum Gasteiger partial charge on any atom is 0.247 e. The molecule has 0 unspecified atom stereocenters. The van der Waals surface area contributed by atoms with Crippen molar-refractivity contribution in [1.82, 2.24) is 10.2 Å². The van der Waals surface area contributed by atoms with E-state index in [0.29, 0.717) is 19.6 Å². The van der Waals surface area contributed by atoms with E-state index in [4.69, 9.17) is 4.74 Å². The van der Waals surface area contributed by atoms with Gasteiger partial charge in [0.05, 0.1) is 13.0 Å². The van der Waals surface area contributed by atoms with Crippen molar-refractivity contribution in [1.29, 1.82) is 0 Å². The van der Waals surface area contributed by atoms with Crippen molar-refractivity contribution in [2.24, 2.45) is 0 Å². The van der Waals surface area contributed by atoms with Gasteiger partial charge in [0.15, 0.2) is 0 Å². The number of benzene rings is 1. The third-order valence-electron chi connectivity index (χ3n) is 5.14. The minimum Gasteiger partial charge on any atom is -0.383 e. The van der Waals surface area contributed by atoms with Crippen LogP contribution in [0.4, 0.5) is 0 Å². The maximum atomic E-state index is 13.3. The largest absolute Gasteiger partial charge is 0.383 e. The molecule has 3 rings (SSSR count). The first-order valence-electron chi connectivity index (χ1n) is 9.85. The molecular formula is C22H28N2O3S. The summed E-state index contributed by atoms with van der Waals surface area (Å²) in [5.74, 6) is -0.163. The summed E-state index contributed by atoms with van der Waals surface area (Å²) in [6.45, 7) is 0.759. The third kappa shape index (κ3) is 5.42. The molecule has 150 valence electrons. The zero-order chi connectivity index (χ0) is 19.8. The van der Waals surface area contributed by atoms with Gasteiger partial charge in [-0.3, -0.25) is 9.59 Å². The Morgan fingerprint density at radius 3 is 2.57 bits per heavy atom. The number of ether oxygens (including phenoxy) is 1. The lowest BCUT2D eigenvalue weighted by atomic mass is 10.0. The topological polar surface area (TPSA) is 58.6 Å². The monoisotopic (exact) mass is 400 g/mol. The Bertz CT molecular complexity index is 742. The second kappa shape index (κ2) is 10.4. The molecule has 1 aromatic carbocycles. The lowest BCUT2D eigenvalue weighted by molar-refractivity contribution is -0.141. The highest BCUT2D eigenvalue weighted by atomic mass is 32.1. The number of hydrogen-bond donors (Lipinski definition) is 1. The van der Waals surface area contributed by atoms with Crippen LogP contribution in [-0.2, 0) is 20.7 Å². The quantitative estimate of drug-likeness (QED) is 0.700. The van der Waals surface area contributed by atoms with Crippen molar-refractivity contribution in [3.63, 3.8) is 0 Å². The lowest BCUT2D eigenvalue weighted by Gasteiger charge is -2.32. The number of rotatable bonds is 9. The van der Waals surface area contributed by atoms with Gasteiger partial charge in [0.2, 0.25) is 11.8 Å². The van der Waals surface area contributed by atoms with Gasteiger partial charge in [-0.2, -0.15) is 0 Å². The first-order chi connectivity index (χ1) is 13.7. The van der Waals surface area contributed by atoms with Gasteiger partial charge in [-0.05, 0) is 29.9 Å². The number of methoxy groups -OCH3 is 1. The molecule has 0 aliphatic heterocycles. The molecular weight excluding hydrogens is 372 g/mol. The fourth-order valence-electron chi connectivity index (χ4n) is 3.71. The van der Waals surface area contributed by atoms with E-state index < -0.39 is 6.04 Å². The van der Waals surface area contributed by atoms with Crippen LogP contribution in [0.2, 0.25) is 0 Å². The van der Waals surface area contributed by atoms with Crippen molar-refractivity contribution < 1.29 is 14.3 Å². The number of nitrogens with zero attached hydrogens (tertiary/aromatic N) is 1. The SMILES string of the molecule is COCCN(C(=O)Cc1cccs1)[C@@H](C(=O)NC1CCCC1)c1ccccc1. The van der Waals surface area contributed by atoms with Crippen LogP contribution in [0.5, 0.6) is 0 Å². The first-order valence-corrected chi connectivity index (χ1v) is 10.7. The van der Waals surface area contributed by atoms with Crippen LogP contribution in [0.15, 0.2) is 47.8 Å². The molecule has 0 saturated heterocycles. The molecule has 0 bridgehead atoms. The highest BCUT2D eigenvalue weighted by molar-refractivity contribution is 7.10. The fourth-order valence-corrected chi connectivity index (χ4v) is 4.41. The van der Waals surface area contributed by atoms with E-state index in [1.54, 1.807) is 23.3 Å². The normalized spacial score (nSPS) is 15.3. The summed E-state index contributed by atoms with van der Waals surface area (Å²) < 4.78 is 5.23. The molecule has 6 heteroatoms. The zero-order valence-corrected chi connectivity index (χ0v) is 17.1. The Balaban J connectivity index is 1.85. The molecule has 5 nitrogen and oxygen atoms in total. The molecule has 0 radical (unpaired) electrons. The van der Waals surface area contributed by atoms with Gasteiger partial charge in [-0.15, -0.1) is 11.3 Å². The molecule has 1 aliphatic rings. The lowest BCUT2D eigenvalue weighted by Crippen LogP contribution is -2.47. The standard InChI is InChI=1S/C22H28N2O3S/c1-27-14-13-24(20(25)16-19-12-7-15-28-19)21(17-8-3-2-4-9-17)22(26)23-18-10-5-6-11-18/h2-4,7-9,12,15,18,21H,5-6,10-11,13-14,16H2,1H3,(H,23,26)/t21-/m1/s1. The minimum atomic E-state index is -0.649. The number of carbonyl (C=O) groups excluding carboxylic acids is 2. The molecule has 1 heterocycles. The molecule has 28 heavy (non-hydrogen) atoms. The van der Waals surface area contributed by atoms with Gasteiger partial charge in [-0.25, -0.2) is 0 Å². The zero-order valence-electron chi connectivity index (χ0n) is 16.3. The smallest absolute Gasteiger partial charge is 0.247 e. The summed E-state index contributed by atoms with van der Waals surface area (Å²) in [6.07, 6.45) is 4.60. The van der Waals surface area contributed by atoms with Gasteiger partial charge in [-0.1, -0.05) is 49.2 Å². The highest BCUT2D eigenvalue weighted by Crippen LogP contribution is 2.25. The Labute approximate surface area is 170 Å². The van der Waals surface area contributed by atoms with Crippen molar-refractivity contribution in [3.05, 3.63) is 58.3 Å². The van der Waals surface area contributed by atoms with Crippen LogP contribution in [0.1, 0.15) is 42.2 Å². The number of thiophene rings is 1. The molecule has 1 aliphatic carbocycles. The molecule has 0 spiro atoms. The second-order valence-electron chi connectivity index (χ2n) is 7.14. The van der Waals surface area contributed by atoms with Crippen molar-refractivity contribution in [3.8, 4) is 0 Å². The van der Waals surface area contributed by atoms with Crippen LogP contribution in [0.3, 0.4) is 0 Å². The summed E-state index contributed by atoms with van der Waals surface area (Å²) in [5, 5.41) is 5.14. The Kier molecular flexibility index (Phi) is 7.62. The molecule has 2 amide bonds. The second-order valence-corrected chi connectivity index (χ2v) is 8.17. The van der Waals surface area contributed by atoms with E-state index in [2.05, 4.69) is 5.32 Å². The van der Waals surface area contributed by atoms with Crippen LogP contribution in [0, 0.1) is 0 Å². The molecule has 1 fully saturated rings. The summed E-state index contributed by atoms with van der Waals surface area (Å²) in [6, 6.07) is 13.0. The van der Waals surface area contributed by atoms with Gasteiger partial charge in [0.25, 0.3) is 0 Å². The van der Waals surface area contributed by atoms with Gasteiger partial charge in [0, 0.05) is 24.6 Å². The number of hydrogen-bond acceptors (Lipinski definition) is 4. The summed E-state index contributed by atoms with van der Waals surface area (Å²) >= 11 is 1.56. The molecule has 1 atom stereocenters. The van der Waals surface area contributed by atoms with E-state index in [1.165, 1.54) is 0 Å². The minimum absolute atomic E-state index is 0.0603. The number of nitrogens with one attached hydrogen (secondary N) is 1. The van der Waals surface area contributed by atoms with E-state index in [9.17, 15) is 9.59 Å². The van der Waals surface area contributed by atoms with Gasteiger partial charge < -0.3 is 15.0 Å². The Morgan fingerprint density at radius 2 is 1.93 bits per heavy atom. The summed E-state index contributed by atoms with van der Waals surface area (Å²) in [5.41, 5.74) is 0.827.